The van der Waals surface area contributed by atoms with E-state index in [9.17, 15) is 4.79 Å². The molecule has 8 nitrogen and oxygen atoms in total. The van der Waals surface area contributed by atoms with Crippen LogP contribution in [-0.4, -0.2) is 82.7 Å². The van der Waals surface area contributed by atoms with Gasteiger partial charge in [0.1, 0.15) is 11.1 Å². The van der Waals surface area contributed by atoms with Gasteiger partial charge in [0, 0.05) is 26.2 Å². The summed E-state index contributed by atoms with van der Waals surface area (Å²) in [5.41, 5.74) is 1.04. The van der Waals surface area contributed by atoms with E-state index in [4.69, 9.17) is 9.47 Å². The largest absolute Gasteiger partial charge is 0.493 e. The first-order chi connectivity index (χ1) is 14.0. The van der Waals surface area contributed by atoms with Gasteiger partial charge in [0.15, 0.2) is 16.7 Å². The maximum absolute atomic E-state index is 13.2. The lowest BCUT2D eigenvalue weighted by Gasteiger charge is -2.40. The molecule has 0 radical (unpaired) electrons. The minimum Gasteiger partial charge on any atom is -0.493 e. The van der Waals surface area contributed by atoms with Crippen molar-refractivity contribution in [3.8, 4) is 11.5 Å². The molecule has 1 aromatic carbocycles. The second-order valence-electron chi connectivity index (χ2n) is 7.26. The van der Waals surface area contributed by atoms with Crippen LogP contribution in [0.5, 0.6) is 11.5 Å². The Morgan fingerprint density at radius 1 is 1.17 bits per heavy atom. The third-order valence-corrected chi connectivity index (χ3v) is 6.84. The van der Waals surface area contributed by atoms with Crippen LogP contribution in [0.25, 0.3) is 0 Å². The van der Waals surface area contributed by atoms with Gasteiger partial charge in [-0.05, 0) is 31.2 Å². The monoisotopic (exact) mass is 417 g/mol. The highest BCUT2D eigenvalue weighted by molar-refractivity contribution is 8.00. The number of thioether (sulfide) groups is 1. The fourth-order valence-corrected chi connectivity index (χ4v) is 5.37. The molecule has 0 amide bonds. The molecule has 1 saturated heterocycles. The van der Waals surface area contributed by atoms with Gasteiger partial charge in [-0.3, -0.25) is 9.69 Å². The Bertz CT molecular complexity index is 894. The molecule has 0 saturated carbocycles. The fourth-order valence-electron chi connectivity index (χ4n) is 4.07. The molecule has 1 fully saturated rings. The molecule has 1 aromatic heterocycles. The molecule has 0 N–H and O–H groups in total. The molecule has 3 heterocycles. The van der Waals surface area contributed by atoms with E-state index in [1.165, 1.54) is 16.4 Å². The van der Waals surface area contributed by atoms with Crippen molar-refractivity contribution in [1.82, 2.24) is 24.6 Å². The normalized spacial score (nSPS) is 21.2. The number of likely N-dealkylation sites (N-methyl/N-ethyl adjacent to an activating group) is 1. The van der Waals surface area contributed by atoms with Gasteiger partial charge in [-0.2, -0.15) is 4.68 Å². The van der Waals surface area contributed by atoms with Crippen molar-refractivity contribution in [1.29, 1.82) is 0 Å². The number of ether oxygens (including phenoxy) is 2. The standard InChI is InChI=1S/C20H27N5O3S/c1-5-23-8-10-24(11-9-23)17(14-6-7-15(27-3)16(12-14)28-4)18-19(26)25-20(29-18)21-13(2)22-25/h6-7,12,17-18H,5,8-11H2,1-4H3. The molecule has 2 unspecified atom stereocenters. The summed E-state index contributed by atoms with van der Waals surface area (Å²) in [5, 5.41) is 4.68. The summed E-state index contributed by atoms with van der Waals surface area (Å²) in [4.78, 5) is 22.5. The minimum absolute atomic E-state index is 0.0108. The lowest BCUT2D eigenvalue weighted by atomic mass is 9.99. The summed E-state index contributed by atoms with van der Waals surface area (Å²) >= 11 is 1.50. The average molecular weight is 418 g/mol. The third kappa shape index (κ3) is 3.74. The van der Waals surface area contributed by atoms with Crippen LogP contribution >= 0.6 is 11.8 Å². The predicted octanol–water partition coefficient (Wildman–Crippen LogP) is 2.10. The maximum Gasteiger partial charge on any atom is 0.264 e. The molecule has 2 aromatic rings. The van der Waals surface area contributed by atoms with E-state index in [-0.39, 0.29) is 17.2 Å². The van der Waals surface area contributed by atoms with Crippen molar-refractivity contribution in [2.75, 3.05) is 46.9 Å². The van der Waals surface area contributed by atoms with E-state index in [0.29, 0.717) is 22.5 Å². The zero-order valence-corrected chi connectivity index (χ0v) is 18.1. The number of carbonyl (C=O) groups excluding carboxylic acids is 1. The zero-order chi connectivity index (χ0) is 20.5. The highest BCUT2D eigenvalue weighted by Crippen LogP contribution is 2.43. The third-order valence-electron chi connectivity index (χ3n) is 5.65. The van der Waals surface area contributed by atoms with Crippen molar-refractivity contribution in [2.24, 2.45) is 0 Å². The van der Waals surface area contributed by atoms with Gasteiger partial charge >= 0.3 is 0 Å². The lowest BCUT2D eigenvalue weighted by molar-refractivity contribution is 0.0738. The topological polar surface area (TPSA) is 72.7 Å². The molecule has 0 aliphatic carbocycles. The number of benzene rings is 1. The first-order valence-electron chi connectivity index (χ1n) is 9.88. The first kappa shape index (κ1) is 20.2. The SMILES string of the molecule is CCN1CCN(C(c2ccc(OC)c(OC)c2)C2Sc3nc(C)nn3C2=O)CC1. The van der Waals surface area contributed by atoms with Crippen LogP contribution in [0.15, 0.2) is 23.4 Å². The number of fused-ring (bicyclic) bond motifs is 1. The van der Waals surface area contributed by atoms with Crippen molar-refractivity contribution >= 4 is 17.7 Å². The molecule has 2 atom stereocenters. The zero-order valence-electron chi connectivity index (χ0n) is 17.3. The van der Waals surface area contributed by atoms with Gasteiger partial charge < -0.3 is 14.4 Å². The van der Waals surface area contributed by atoms with E-state index in [1.807, 2.05) is 25.1 Å². The Morgan fingerprint density at radius 3 is 2.52 bits per heavy atom. The number of aryl methyl sites for hydroxylation is 1. The highest BCUT2D eigenvalue weighted by atomic mass is 32.2. The molecule has 0 bridgehead atoms. The van der Waals surface area contributed by atoms with Crippen LogP contribution in [-0.2, 0) is 0 Å². The molecule has 0 spiro atoms. The van der Waals surface area contributed by atoms with Crippen LogP contribution in [0.1, 0.15) is 29.1 Å². The van der Waals surface area contributed by atoms with Gasteiger partial charge in [0.05, 0.1) is 20.3 Å². The molecule has 2 aliphatic heterocycles. The minimum atomic E-state index is -0.295. The number of nitrogens with zero attached hydrogens (tertiary/aromatic N) is 5. The van der Waals surface area contributed by atoms with E-state index >= 15 is 0 Å². The van der Waals surface area contributed by atoms with Gasteiger partial charge in [0.2, 0.25) is 0 Å². The van der Waals surface area contributed by atoms with Gasteiger partial charge in [0.25, 0.3) is 5.91 Å². The Hall–Kier alpha value is -2.10. The summed E-state index contributed by atoms with van der Waals surface area (Å²) in [6, 6.07) is 5.85. The fraction of sp³-hybridized carbons (Fsp3) is 0.550. The van der Waals surface area contributed by atoms with Crippen LogP contribution in [0, 0.1) is 6.92 Å². The molecule has 9 heteroatoms. The number of aromatic nitrogens is 3. The number of piperazine rings is 1. The van der Waals surface area contributed by atoms with E-state index < -0.39 is 0 Å². The quantitative estimate of drug-likeness (QED) is 0.708. The van der Waals surface area contributed by atoms with E-state index in [0.717, 1.165) is 38.3 Å². The van der Waals surface area contributed by atoms with Crippen molar-refractivity contribution in [2.45, 2.75) is 30.3 Å². The summed E-state index contributed by atoms with van der Waals surface area (Å²) < 4.78 is 12.4. The molecular weight excluding hydrogens is 390 g/mol. The van der Waals surface area contributed by atoms with Crippen LogP contribution in [0.2, 0.25) is 0 Å². The van der Waals surface area contributed by atoms with Gasteiger partial charge in [-0.1, -0.05) is 24.8 Å². The lowest BCUT2D eigenvalue weighted by Crippen LogP contribution is -2.50. The summed E-state index contributed by atoms with van der Waals surface area (Å²) in [6.45, 7) is 8.85. The van der Waals surface area contributed by atoms with Crippen molar-refractivity contribution < 1.29 is 14.3 Å². The predicted molar refractivity (Wildman–Crippen MR) is 111 cm³/mol. The summed E-state index contributed by atoms with van der Waals surface area (Å²) in [6.07, 6.45) is 0. The smallest absolute Gasteiger partial charge is 0.264 e. The molecular formula is C20H27N5O3S. The van der Waals surface area contributed by atoms with Gasteiger partial charge in [-0.25, -0.2) is 4.98 Å². The van der Waals surface area contributed by atoms with Crippen LogP contribution in [0.3, 0.4) is 0 Å². The Morgan fingerprint density at radius 2 is 1.90 bits per heavy atom. The maximum atomic E-state index is 13.2. The Labute approximate surface area is 175 Å². The number of rotatable bonds is 6. The second kappa shape index (κ2) is 8.33. The molecule has 156 valence electrons. The summed E-state index contributed by atoms with van der Waals surface area (Å²) in [5.74, 6) is 1.97. The number of carbonyl (C=O) groups is 1. The van der Waals surface area contributed by atoms with E-state index in [2.05, 4.69) is 26.8 Å². The van der Waals surface area contributed by atoms with Crippen LogP contribution < -0.4 is 9.47 Å². The number of hydrogen-bond donors (Lipinski definition) is 0. The Balaban J connectivity index is 1.69. The van der Waals surface area contributed by atoms with Crippen molar-refractivity contribution in [3.05, 3.63) is 29.6 Å². The molecule has 4 rings (SSSR count). The summed E-state index contributed by atoms with van der Waals surface area (Å²) in [7, 11) is 3.26. The number of methoxy groups -OCH3 is 2. The Kier molecular flexibility index (Phi) is 5.80. The molecule has 29 heavy (non-hydrogen) atoms. The highest BCUT2D eigenvalue weighted by Gasteiger charge is 2.43. The van der Waals surface area contributed by atoms with E-state index in [1.54, 1.807) is 14.2 Å². The van der Waals surface area contributed by atoms with Crippen molar-refractivity contribution in [3.63, 3.8) is 0 Å². The first-order valence-corrected chi connectivity index (χ1v) is 10.8. The van der Waals surface area contributed by atoms with Gasteiger partial charge in [-0.15, -0.1) is 5.10 Å². The number of hydrogen-bond acceptors (Lipinski definition) is 8. The second-order valence-corrected chi connectivity index (χ2v) is 8.37. The molecule has 2 aliphatic rings. The average Bonchev–Trinajstić information content (AvgIpc) is 3.25. The van der Waals surface area contributed by atoms with Crippen LogP contribution in [0.4, 0.5) is 0 Å².